The van der Waals surface area contributed by atoms with Crippen LogP contribution in [0.4, 0.5) is 5.69 Å². The van der Waals surface area contributed by atoms with E-state index in [9.17, 15) is 18.0 Å². The molecule has 2 aromatic rings. The van der Waals surface area contributed by atoms with Crippen molar-refractivity contribution in [1.82, 2.24) is 5.43 Å². The molecule has 1 aromatic carbocycles. The Morgan fingerprint density at radius 2 is 1.88 bits per heavy atom. The van der Waals surface area contributed by atoms with Crippen molar-refractivity contribution >= 4 is 44.4 Å². The third-order valence-electron chi connectivity index (χ3n) is 3.80. The third kappa shape index (κ3) is 4.55. The predicted octanol–water partition coefficient (Wildman–Crippen LogP) is 2.78. The molecule has 2 N–H and O–H groups in total. The number of thiophene rings is 1. The van der Waals surface area contributed by atoms with E-state index in [1.807, 2.05) is 0 Å². The van der Waals surface area contributed by atoms with E-state index in [-0.39, 0.29) is 16.4 Å². The van der Waals surface area contributed by atoms with Crippen molar-refractivity contribution in [2.45, 2.75) is 29.9 Å². The fourth-order valence-corrected chi connectivity index (χ4v) is 4.55. The summed E-state index contributed by atoms with van der Waals surface area (Å²) in [6.07, 6.45) is 2.31. The molecule has 1 amide bonds. The molecular formula is C17H17N3O4S2. The van der Waals surface area contributed by atoms with E-state index in [0.717, 1.165) is 17.8 Å². The average molecular weight is 391 g/mol. The predicted molar refractivity (Wildman–Crippen MR) is 99.9 cm³/mol. The van der Waals surface area contributed by atoms with E-state index in [0.29, 0.717) is 29.8 Å². The molecule has 1 aliphatic carbocycles. The van der Waals surface area contributed by atoms with Crippen LogP contribution < -0.4 is 10.1 Å². The molecule has 1 aromatic heterocycles. The Bertz CT molecular complexity index is 933. The highest BCUT2D eigenvalue weighted by Crippen LogP contribution is 2.20. The molecular weight excluding hydrogens is 374 g/mol. The van der Waals surface area contributed by atoms with Gasteiger partial charge in [-0.2, -0.15) is 5.10 Å². The second-order valence-corrected chi connectivity index (χ2v) is 8.66. The lowest BCUT2D eigenvalue weighted by atomic mass is 9.97. The smallest absolute Gasteiger partial charge is 0.271 e. The highest BCUT2D eigenvalue weighted by molar-refractivity contribution is 7.94. The molecule has 136 valence electrons. The van der Waals surface area contributed by atoms with Gasteiger partial charge in [0.2, 0.25) is 0 Å². The molecule has 26 heavy (non-hydrogen) atoms. The molecule has 9 heteroatoms. The lowest BCUT2D eigenvalue weighted by Gasteiger charge is -2.11. The zero-order valence-electron chi connectivity index (χ0n) is 13.8. The van der Waals surface area contributed by atoms with Gasteiger partial charge in [-0.1, -0.05) is 6.07 Å². The number of anilines is 1. The molecule has 1 fully saturated rings. The molecule has 0 aliphatic heterocycles. The van der Waals surface area contributed by atoms with Crippen LogP contribution in [0.15, 0.2) is 51.1 Å². The number of hydrogen-bond donors (Lipinski definition) is 2. The number of hydrogen-bond acceptors (Lipinski definition) is 6. The first-order valence-corrected chi connectivity index (χ1v) is 10.3. The van der Waals surface area contributed by atoms with Crippen molar-refractivity contribution < 1.29 is 18.0 Å². The van der Waals surface area contributed by atoms with Gasteiger partial charge in [0, 0.05) is 29.8 Å². The van der Waals surface area contributed by atoms with Crippen molar-refractivity contribution in [2.75, 3.05) is 4.72 Å². The summed E-state index contributed by atoms with van der Waals surface area (Å²) < 4.78 is 27.0. The monoisotopic (exact) mass is 391 g/mol. The van der Waals surface area contributed by atoms with Crippen LogP contribution in [0.3, 0.4) is 0 Å². The van der Waals surface area contributed by atoms with E-state index < -0.39 is 15.9 Å². The highest BCUT2D eigenvalue weighted by Gasteiger charge is 2.16. The number of nitrogens with one attached hydrogen (secondary N) is 2. The number of carbonyl (C=O) groups excluding carboxylic acids is 2. The summed E-state index contributed by atoms with van der Waals surface area (Å²) in [5.74, 6) is -0.283. The lowest BCUT2D eigenvalue weighted by Crippen LogP contribution is -2.22. The SMILES string of the molecule is O=C1CCC/C(=N/NC(=O)c2ccc(NS(=O)(=O)c3cccs3)cc2)C1. The van der Waals surface area contributed by atoms with Crippen LogP contribution in [0.2, 0.25) is 0 Å². The molecule has 7 nitrogen and oxygen atoms in total. The minimum absolute atomic E-state index is 0.131. The summed E-state index contributed by atoms with van der Waals surface area (Å²) >= 11 is 1.12. The number of benzene rings is 1. The van der Waals surface area contributed by atoms with E-state index in [1.54, 1.807) is 11.4 Å². The number of nitrogens with zero attached hydrogens (tertiary/aromatic N) is 1. The second-order valence-electron chi connectivity index (χ2n) is 5.80. The Balaban J connectivity index is 1.63. The lowest BCUT2D eigenvalue weighted by molar-refractivity contribution is -0.118. The molecule has 1 heterocycles. The van der Waals surface area contributed by atoms with Crippen LogP contribution >= 0.6 is 11.3 Å². The zero-order valence-corrected chi connectivity index (χ0v) is 15.4. The topological polar surface area (TPSA) is 105 Å². The maximum Gasteiger partial charge on any atom is 0.271 e. The summed E-state index contributed by atoms with van der Waals surface area (Å²) in [7, 11) is -3.62. The summed E-state index contributed by atoms with van der Waals surface area (Å²) in [5.41, 5.74) is 3.82. The van der Waals surface area contributed by atoms with Gasteiger partial charge >= 0.3 is 0 Å². The third-order valence-corrected chi connectivity index (χ3v) is 6.58. The van der Waals surface area contributed by atoms with E-state index in [1.165, 1.54) is 30.3 Å². The van der Waals surface area contributed by atoms with Crippen LogP contribution in [0, 0.1) is 0 Å². The van der Waals surface area contributed by atoms with Gasteiger partial charge in [0.15, 0.2) is 0 Å². The van der Waals surface area contributed by atoms with Crippen LogP contribution in [0.5, 0.6) is 0 Å². The maximum atomic E-state index is 12.2. The first-order chi connectivity index (χ1) is 12.4. The Hall–Kier alpha value is -2.52. The Morgan fingerprint density at radius 1 is 1.12 bits per heavy atom. The number of sulfonamides is 1. The first kappa shape index (κ1) is 18.3. The Labute approximate surface area is 155 Å². The number of ketones is 1. The number of amides is 1. The van der Waals surface area contributed by atoms with Crippen molar-refractivity contribution in [3.8, 4) is 0 Å². The van der Waals surface area contributed by atoms with Gasteiger partial charge in [-0.3, -0.25) is 14.3 Å². The summed E-state index contributed by atoms with van der Waals surface area (Å²) in [6, 6.07) is 9.22. The van der Waals surface area contributed by atoms with Crippen molar-refractivity contribution in [3.05, 3.63) is 47.3 Å². The standard InChI is InChI=1S/C17H17N3O4S2/c21-15-4-1-3-14(11-15)18-19-17(22)12-6-8-13(9-7-12)20-26(23,24)16-5-2-10-25-16/h2,5-10,20H,1,3-4,11H2,(H,19,22)/b18-14-. The summed E-state index contributed by atoms with van der Waals surface area (Å²) in [6.45, 7) is 0. The van der Waals surface area contributed by atoms with Gasteiger partial charge in [-0.15, -0.1) is 11.3 Å². The normalized spacial score (nSPS) is 16.5. The maximum absolute atomic E-state index is 12.2. The number of rotatable bonds is 5. The Morgan fingerprint density at radius 3 is 2.54 bits per heavy atom. The quantitative estimate of drug-likeness (QED) is 0.765. The minimum Gasteiger partial charge on any atom is -0.299 e. The van der Waals surface area contributed by atoms with Crippen LogP contribution in [-0.4, -0.2) is 25.8 Å². The molecule has 3 rings (SSSR count). The van der Waals surface area contributed by atoms with Gasteiger partial charge < -0.3 is 0 Å². The molecule has 1 saturated carbocycles. The zero-order chi connectivity index (χ0) is 18.6. The van der Waals surface area contributed by atoms with Crippen molar-refractivity contribution in [3.63, 3.8) is 0 Å². The molecule has 0 unspecified atom stereocenters. The fourth-order valence-electron chi connectivity index (χ4n) is 2.50. The van der Waals surface area contributed by atoms with Gasteiger partial charge in [-0.05, 0) is 48.6 Å². The van der Waals surface area contributed by atoms with Gasteiger partial charge in [-0.25, -0.2) is 13.8 Å². The van der Waals surface area contributed by atoms with Gasteiger partial charge in [0.05, 0.1) is 0 Å². The number of hydrazone groups is 1. The summed E-state index contributed by atoms with van der Waals surface area (Å²) in [4.78, 5) is 23.5. The van der Waals surface area contributed by atoms with E-state index >= 15 is 0 Å². The largest absolute Gasteiger partial charge is 0.299 e. The summed E-state index contributed by atoms with van der Waals surface area (Å²) in [5, 5.41) is 5.70. The van der Waals surface area contributed by atoms with Crippen LogP contribution in [0.25, 0.3) is 0 Å². The number of carbonyl (C=O) groups is 2. The highest BCUT2D eigenvalue weighted by atomic mass is 32.2. The van der Waals surface area contributed by atoms with Crippen molar-refractivity contribution in [1.29, 1.82) is 0 Å². The van der Waals surface area contributed by atoms with Crippen molar-refractivity contribution in [2.24, 2.45) is 5.10 Å². The molecule has 0 atom stereocenters. The van der Waals surface area contributed by atoms with Gasteiger partial charge in [0.1, 0.15) is 9.99 Å². The van der Waals surface area contributed by atoms with E-state index in [2.05, 4.69) is 15.2 Å². The first-order valence-electron chi connectivity index (χ1n) is 7.98. The molecule has 0 spiro atoms. The molecule has 1 aliphatic rings. The van der Waals surface area contributed by atoms with Crippen LogP contribution in [-0.2, 0) is 14.8 Å². The van der Waals surface area contributed by atoms with E-state index in [4.69, 9.17) is 0 Å². The Kier molecular flexibility index (Phi) is 5.48. The fraction of sp³-hybridized carbons (Fsp3) is 0.235. The average Bonchev–Trinajstić information content (AvgIpc) is 3.16. The van der Waals surface area contributed by atoms with Crippen LogP contribution in [0.1, 0.15) is 36.0 Å². The molecule has 0 saturated heterocycles. The van der Waals surface area contributed by atoms with Gasteiger partial charge in [0.25, 0.3) is 15.9 Å². The second kappa shape index (κ2) is 7.79. The minimum atomic E-state index is -3.62. The molecule has 0 radical (unpaired) electrons. The molecule has 0 bridgehead atoms. The number of Topliss-reactive ketones (excluding diaryl/α,β-unsaturated/α-hetero) is 1.